The number of aliphatic hydroxyl groups excluding tert-OH is 1. The fourth-order valence-corrected chi connectivity index (χ4v) is 8.49. The second kappa shape index (κ2) is 22.4. The third kappa shape index (κ3) is 14.4. The molecule has 0 aliphatic rings. The number of esters is 2. The smallest absolute Gasteiger partial charge is 0.343 e. The Morgan fingerprint density at radius 2 is 1.36 bits per heavy atom. The van der Waals surface area contributed by atoms with Gasteiger partial charge in [-0.3, -0.25) is 30.0 Å². The summed E-state index contributed by atoms with van der Waals surface area (Å²) in [6.45, 7) is 25.9. The van der Waals surface area contributed by atoms with Crippen molar-refractivity contribution in [3.8, 4) is 0 Å². The lowest BCUT2D eigenvalue weighted by Crippen LogP contribution is -2.41. The van der Waals surface area contributed by atoms with Crippen molar-refractivity contribution in [2.24, 2.45) is 4.99 Å². The largest absolute Gasteiger partial charge is 0.506 e. The number of non-ortho nitro benzene ring substituents is 1. The van der Waals surface area contributed by atoms with Crippen LogP contribution in [0.4, 0.5) is 11.4 Å². The average Bonchev–Trinajstić information content (AvgIpc) is 3.13. The van der Waals surface area contributed by atoms with Gasteiger partial charge >= 0.3 is 11.9 Å². The molecule has 336 valence electrons. The molecule has 16 nitrogen and oxygen atoms in total. The number of aliphatic hydroxyl groups is 1. The number of aromatic nitrogens is 1. The Bertz CT molecular complexity index is 2250. The lowest BCUT2D eigenvalue weighted by atomic mass is 10.1. The zero-order valence-electron chi connectivity index (χ0n) is 36.6. The minimum Gasteiger partial charge on any atom is -0.506 e. The Morgan fingerprint density at radius 3 is 1.87 bits per heavy atom. The van der Waals surface area contributed by atoms with Crippen molar-refractivity contribution < 1.29 is 42.9 Å². The molecule has 1 aromatic heterocycles. The molecule has 3 aromatic rings. The molecule has 0 aliphatic heterocycles. The van der Waals surface area contributed by atoms with E-state index in [-0.39, 0.29) is 80.4 Å². The molecule has 1 heterocycles. The molecule has 3 rings (SSSR count). The van der Waals surface area contributed by atoms with Crippen LogP contribution in [0.15, 0.2) is 45.8 Å². The molecular formula is C40H55ClI2N4O12Si2. The number of carbonyl (C=O) groups is 2. The Hall–Kier alpha value is -3.30. The highest BCUT2D eigenvalue weighted by atomic mass is 127. The standard InChI is InChI=1S/C20H28ClIN2O6Si.C20H27IN2O6Si/c1-7-29-19(26)15(12-23-8-9-30-31(5,6)20(2,3)4)18(25)14-10-13(22)11-16(17(14)21)24(27)28;1-7-28-19(25)15-12-22(8-9-29-30(5,6)20(2,3)4)17-14(18(15)24)10-13(21)11-16(17)23(26)27/h10-12,25H,7-9H2,1-6H3;10-12H,7-9H2,1-6H3. The highest BCUT2D eigenvalue weighted by Crippen LogP contribution is 2.38. The number of rotatable bonds is 16. The molecule has 0 fully saturated rings. The molecule has 0 atom stereocenters. The molecule has 0 radical (unpaired) electrons. The van der Waals surface area contributed by atoms with Crippen LogP contribution in [0.5, 0.6) is 0 Å². The Morgan fingerprint density at radius 1 is 0.852 bits per heavy atom. The number of benzene rings is 2. The van der Waals surface area contributed by atoms with Crippen molar-refractivity contribution in [2.75, 3.05) is 33.0 Å². The van der Waals surface area contributed by atoms with Crippen LogP contribution in [-0.2, 0) is 29.7 Å². The number of halogens is 3. The Balaban J connectivity index is 0.000000420. The lowest BCUT2D eigenvalue weighted by Gasteiger charge is -2.36. The maximum atomic E-state index is 12.9. The van der Waals surface area contributed by atoms with E-state index < -0.39 is 49.6 Å². The summed E-state index contributed by atoms with van der Waals surface area (Å²) >= 11 is 9.91. The van der Waals surface area contributed by atoms with Gasteiger partial charge in [-0.15, -0.1) is 0 Å². The number of ether oxygens (including phenoxy) is 2. The predicted molar refractivity (Wildman–Crippen MR) is 260 cm³/mol. The minimum atomic E-state index is -2.03. The maximum absolute atomic E-state index is 12.9. The number of hydrogen-bond donors (Lipinski definition) is 1. The van der Waals surface area contributed by atoms with Gasteiger partial charge < -0.3 is 28.0 Å². The Kier molecular flexibility index (Phi) is 19.7. The van der Waals surface area contributed by atoms with Crippen LogP contribution in [0.2, 0.25) is 41.3 Å². The van der Waals surface area contributed by atoms with Gasteiger partial charge in [0.05, 0.1) is 48.2 Å². The van der Waals surface area contributed by atoms with E-state index in [1.807, 2.05) is 45.2 Å². The lowest BCUT2D eigenvalue weighted by molar-refractivity contribution is -0.384. The fraction of sp³-hybridized carbons (Fsp3) is 0.500. The zero-order valence-corrected chi connectivity index (χ0v) is 43.6. The van der Waals surface area contributed by atoms with E-state index in [1.54, 1.807) is 24.5 Å². The molecule has 0 bridgehead atoms. The van der Waals surface area contributed by atoms with Crippen molar-refractivity contribution in [3.05, 3.63) is 89.8 Å². The van der Waals surface area contributed by atoms with Gasteiger partial charge in [-0.1, -0.05) is 53.1 Å². The van der Waals surface area contributed by atoms with Gasteiger partial charge in [0.25, 0.3) is 11.4 Å². The number of pyridine rings is 1. The number of aliphatic imine (C=N–C) groups is 1. The molecule has 2 aromatic carbocycles. The van der Waals surface area contributed by atoms with E-state index in [0.717, 1.165) is 0 Å². The monoisotopic (exact) mass is 1130 g/mol. The highest BCUT2D eigenvalue weighted by Gasteiger charge is 2.38. The van der Waals surface area contributed by atoms with Crippen molar-refractivity contribution >= 4 is 120 Å². The van der Waals surface area contributed by atoms with Crippen LogP contribution >= 0.6 is 56.8 Å². The fourth-order valence-electron chi connectivity index (χ4n) is 4.94. The zero-order chi connectivity index (χ0) is 46.8. The molecule has 0 aliphatic carbocycles. The Labute approximate surface area is 390 Å². The first-order valence-corrected chi connectivity index (χ1v) is 27.6. The second-order valence-corrected chi connectivity index (χ2v) is 29.1. The van der Waals surface area contributed by atoms with Gasteiger partial charge in [0.1, 0.15) is 27.4 Å². The second-order valence-electron chi connectivity index (χ2n) is 16.6. The van der Waals surface area contributed by atoms with E-state index in [1.165, 1.54) is 30.6 Å². The molecule has 21 heteroatoms. The summed E-state index contributed by atoms with van der Waals surface area (Å²) in [4.78, 5) is 63.6. The van der Waals surface area contributed by atoms with E-state index in [9.17, 15) is 39.7 Å². The van der Waals surface area contributed by atoms with Crippen molar-refractivity contribution in [1.82, 2.24) is 4.57 Å². The molecule has 0 spiro atoms. The summed E-state index contributed by atoms with van der Waals surface area (Å²) in [6, 6.07) is 5.69. The number of nitro benzene ring substituents is 2. The van der Waals surface area contributed by atoms with Crippen LogP contribution in [0.1, 0.15) is 71.3 Å². The quantitative estimate of drug-likeness (QED) is 0.0163. The third-order valence-corrected chi connectivity index (χ3v) is 21.1. The van der Waals surface area contributed by atoms with Gasteiger partial charge in [-0.25, -0.2) is 9.59 Å². The van der Waals surface area contributed by atoms with Gasteiger partial charge in [0.15, 0.2) is 16.6 Å². The molecule has 0 amide bonds. The predicted octanol–water partition coefficient (Wildman–Crippen LogP) is 10.5. The van der Waals surface area contributed by atoms with Crippen molar-refractivity contribution in [1.29, 1.82) is 0 Å². The van der Waals surface area contributed by atoms with E-state index >= 15 is 0 Å². The van der Waals surface area contributed by atoms with Crippen LogP contribution in [0.3, 0.4) is 0 Å². The van der Waals surface area contributed by atoms with Crippen LogP contribution in [0.25, 0.3) is 16.7 Å². The highest BCUT2D eigenvalue weighted by molar-refractivity contribution is 14.1. The van der Waals surface area contributed by atoms with Crippen LogP contribution < -0.4 is 5.43 Å². The van der Waals surface area contributed by atoms with Crippen LogP contribution in [-0.4, -0.2) is 87.3 Å². The molecule has 0 saturated carbocycles. The van der Waals surface area contributed by atoms with Crippen molar-refractivity contribution in [2.45, 2.75) is 98.2 Å². The molecular weight excluding hydrogens is 1070 g/mol. The first-order valence-electron chi connectivity index (χ1n) is 19.2. The molecule has 0 unspecified atom stereocenters. The summed E-state index contributed by atoms with van der Waals surface area (Å²) in [5.74, 6) is -2.10. The number of hydrogen-bond acceptors (Lipinski definition) is 13. The van der Waals surface area contributed by atoms with Gasteiger partial charge in [-0.2, -0.15) is 0 Å². The van der Waals surface area contributed by atoms with E-state index in [2.05, 4.69) is 72.7 Å². The number of nitro groups is 2. The average molecular weight is 1130 g/mol. The minimum absolute atomic E-state index is 0.0107. The van der Waals surface area contributed by atoms with Gasteiger partial charge in [0, 0.05) is 43.8 Å². The molecule has 0 saturated heterocycles. The topological polar surface area (TPSA) is 212 Å². The SMILES string of the molecule is CCOC(=O)C(C=NCCO[Si](C)(C)C(C)(C)C)=C(O)c1cc(I)cc([N+](=O)[O-])c1Cl.CCOC(=O)c1cn(CCO[Si](C)(C)C(C)(C)C)c2c([N+](=O)[O-])cc(I)cc2c1=O. The van der Waals surface area contributed by atoms with E-state index in [0.29, 0.717) is 20.4 Å². The summed E-state index contributed by atoms with van der Waals surface area (Å²) in [5.41, 5.74) is -1.40. The van der Waals surface area contributed by atoms with E-state index in [4.69, 9.17) is 29.9 Å². The van der Waals surface area contributed by atoms with Gasteiger partial charge in [0.2, 0.25) is 5.43 Å². The molecule has 1 N–H and O–H groups in total. The first-order chi connectivity index (χ1) is 28.0. The summed E-state index contributed by atoms with van der Waals surface area (Å²) in [7, 11) is -3.96. The summed E-state index contributed by atoms with van der Waals surface area (Å²) in [5, 5.41) is 33.6. The molecule has 61 heavy (non-hydrogen) atoms. The normalized spacial score (nSPS) is 12.8. The van der Waals surface area contributed by atoms with Crippen molar-refractivity contribution in [3.63, 3.8) is 0 Å². The number of carbonyl (C=O) groups excluding carboxylic acids is 2. The number of nitrogens with zero attached hydrogens (tertiary/aromatic N) is 4. The summed E-state index contributed by atoms with van der Waals surface area (Å²) in [6.07, 6.45) is 2.53. The summed E-state index contributed by atoms with van der Waals surface area (Å²) < 4.78 is 24.8. The van der Waals surface area contributed by atoms with Gasteiger partial charge in [-0.05, 0) is 107 Å². The maximum Gasteiger partial charge on any atom is 0.343 e. The number of fused-ring (bicyclic) bond motifs is 1. The third-order valence-electron chi connectivity index (χ3n) is 10.3. The van der Waals surface area contributed by atoms with Crippen LogP contribution in [0, 0.1) is 27.4 Å². The first kappa shape index (κ1) is 53.8.